The van der Waals surface area contributed by atoms with Gasteiger partial charge >= 0.3 is 18.0 Å². The Morgan fingerprint density at radius 3 is 2.57 bits per heavy atom. The van der Waals surface area contributed by atoms with Crippen LogP contribution >= 0.6 is 11.3 Å². The zero-order valence-electron chi connectivity index (χ0n) is 11.1. The molecule has 0 radical (unpaired) electrons. The van der Waals surface area contributed by atoms with Crippen molar-refractivity contribution in [2.45, 2.75) is 38.1 Å². The van der Waals surface area contributed by atoms with Gasteiger partial charge in [-0.3, -0.25) is 10.1 Å². The van der Waals surface area contributed by atoms with Crippen molar-refractivity contribution in [2.24, 2.45) is 0 Å². The van der Waals surface area contributed by atoms with Crippen LogP contribution in [0.15, 0.2) is 0 Å². The molecule has 1 atom stereocenters. The molecule has 0 aromatic carbocycles. The first-order valence-corrected chi connectivity index (χ1v) is 7.28. The summed E-state index contributed by atoms with van der Waals surface area (Å²) < 4.78 is 0. The summed E-state index contributed by atoms with van der Waals surface area (Å²) >= 11 is 1.37. The largest absolute Gasteiger partial charge is 0.481 e. The van der Waals surface area contributed by atoms with Crippen LogP contribution < -0.4 is 10.6 Å². The highest BCUT2D eigenvalue weighted by Gasteiger charge is 2.24. The molecule has 1 aromatic heterocycles. The molecule has 1 heterocycles. The number of hydrogen-bond acceptors (Lipinski definition) is 5. The van der Waals surface area contributed by atoms with E-state index in [2.05, 4.69) is 15.6 Å². The van der Waals surface area contributed by atoms with Gasteiger partial charge in [-0.15, -0.1) is 11.3 Å². The first-order valence-electron chi connectivity index (χ1n) is 6.46. The van der Waals surface area contributed by atoms with Gasteiger partial charge in [0.15, 0.2) is 5.13 Å². The van der Waals surface area contributed by atoms with Crippen LogP contribution in [0.4, 0.5) is 9.93 Å². The number of thiazole rings is 1. The Labute approximate surface area is 124 Å². The molecule has 0 saturated carbocycles. The monoisotopic (exact) mass is 313 g/mol. The minimum absolute atomic E-state index is 0.402. The van der Waals surface area contributed by atoms with Gasteiger partial charge in [-0.2, -0.15) is 0 Å². The van der Waals surface area contributed by atoms with Crippen LogP contribution in [0, 0.1) is 0 Å². The van der Waals surface area contributed by atoms with E-state index in [1.807, 2.05) is 0 Å². The molecule has 0 bridgehead atoms. The molecule has 4 N–H and O–H groups in total. The number of aromatic nitrogens is 1. The third-order valence-electron chi connectivity index (χ3n) is 3.05. The molecule has 0 saturated heterocycles. The summed E-state index contributed by atoms with van der Waals surface area (Å²) in [5.41, 5.74) is 0.974. The summed E-state index contributed by atoms with van der Waals surface area (Å²) in [6, 6.07) is -2.24. The Balaban J connectivity index is 1.95. The van der Waals surface area contributed by atoms with Gasteiger partial charge < -0.3 is 15.5 Å². The summed E-state index contributed by atoms with van der Waals surface area (Å²) in [6.45, 7) is 0. The van der Waals surface area contributed by atoms with E-state index in [9.17, 15) is 14.4 Å². The number of carbonyl (C=O) groups is 3. The lowest BCUT2D eigenvalue weighted by Gasteiger charge is -2.12. The van der Waals surface area contributed by atoms with Gasteiger partial charge in [0.25, 0.3) is 0 Å². The fourth-order valence-corrected chi connectivity index (χ4v) is 3.12. The molecular weight excluding hydrogens is 298 g/mol. The molecule has 2 amide bonds. The summed E-state index contributed by atoms with van der Waals surface area (Å²) in [5.74, 6) is -2.70. The summed E-state index contributed by atoms with van der Waals surface area (Å²) in [4.78, 5) is 38.5. The second kappa shape index (κ2) is 6.53. The fourth-order valence-electron chi connectivity index (χ4n) is 2.07. The summed E-state index contributed by atoms with van der Waals surface area (Å²) in [5, 5.41) is 22.4. The maximum absolute atomic E-state index is 11.7. The smallest absolute Gasteiger partial charge is 0.326 e. The number of fused-ring (bicyclic) bond motifs is 1. The molecular formula is C12H15N3O5S. The van der Waals surface area contributed by atoms with Crippen LogP contribution in [0.3, 0.4) is 0 Å². The van der Waals surface area contributed by atoms with Crippen molar-refractivity contribution >= 4 is 34.4 Å². The minimum Gasteiger partial charge on any atom is -0.481 e. The predicted octanol–water partition coefficient (Wildman–Crippen LogP) is 1.07. The highest BCUT2D eigenvalue weighted by atomic mass is 32.1. The van der Waals surface area contributed by atoms with E-state index >= 15 is 0 Å². The fraction of sp³-hybridized carbons (Fsp3) is 0.500. The zero-order chi connectivity index (χ0) is 15.4. The minimum atomic E-state index is -1.47. The van der Waals surface area contributed by atoms with Crippen molar-refractivity contribution in [2.75, 3.05) is 5.32 Å². The number of amides is 2. The van der Waals surface area contributed by atoms with Gasteiger partial charge in [0, 0.05) is 4.88 Å². The molecule has 21 heavy (non-hydrogen) atoms. The summed E-state index contributed by atoms with van der Waals surface area (Å²) in [7, 11) is 0. The second-order valence-electron chi connectivity index (χ2n) is 4.68. The Hall–Kier alpha value is -2.16. The lowest BCUT2D eigenvalue weighted by atomic mass is 10.0. The molecule has 114 valence electrons. The number of aliphatic carboxylic acids is 2. The van der Waals surface area contributed by atoms with Crippen molar-refractivity contribution < 1.29 is 24.6 Å². The van der Waals surface area contributed by atoms with Gasteiger partial charge in [-0.1, -0.05) is 0 Å². The summed E-state index contributed by atoms with van der Waals surface area (Å²) in [6.07, 6.45) is 3.30. The van der Waals surface area contributed by atoms with Crippen molar-refractivity contribution in [1.29, 1.82) is 0 Å². The average Bonchev–Trinajstić information content (AvgIpc) is 2.79. The number of urea groups is 1. The van der Waals surface area contributed by atoms with E-state index in [4.69, 9.17) is 10.2 Å². The van der Waals surface area contributed by atoms with Gasteiger partial charge in [0.1, 0.15) is 6.04 Å². The number of carbonyl (C=O) groups excluding carboxylic acids is 1. The van der Waals surface area contributed by atoms with Gasteiger partial charge in [0.2, 0.25) is 0 Å². The molecule has 1 aliphatic rings. The number of aryl methyl sites for hydroxylation is 2. The number of nitrogens with zero attached hydrogens (tertiary/aromatic N) is 1. The van der Waals surface area contributed by atoms with Crippen molar-refractivity contribution in [1.82, 2.24) is 10.3 Å². The average molecular weight is 313 g/mol. The van der Waals surface area contributed by atoms with E-state index in [1.165, 1.54) is 11.3 Å². The maximum Gasteiger partial charge on any atom is 0.326 e. The van der Waals surface area contributed by atoms with Gasteiger partial charge in [-0.25, -0.2) is 14.6 Å². The van der Waals surface area contributed by atoms with Crippen LogP contribution in [0.1, 0.15) is 29.8 Å². The van der Waals surface area contributed by atoms with Gasteiger partial charge in [0.05, 0.1) is 12.1 Å². The van der Waals surface area contributed by atoms with E-state index in [0.29, 0.717) is 5.13 Å². The lowest BCUT2D eigenvalue weighted by Crippen LogP contribution is -2.44. The molecule has 0 fully saturated rings. The Kier molecular flexibility index (Phi) is 4.73. The third kappa shape index (κ3) is 4.15. The van der Waals surface area contributed by atoms with Crippen LogP contribution in [0.25, 0.3) is 0 Å². The Morgan fingerprint density at radius 2 is 1.95 bits per heavy atom. The molecule has 1 aliphatic carbocycles. The Bertz CT molecular complexity index is 548. The molecule has 9 heteroatoms. The molecule has 1 aromatic rings. The zero-order valence-corrected chi connectivity index (χ0v) is 11.9. The number of rotatable bonds is 5. The number of carboxylic acids is 2. The van der Waals surface area contributed by atoms with Crippen molar-refractivity contribution in [3.63, 3.8) is 0 Å². The van der Waals surface area contributed by atoms with Crippen LogP contribution in [0.5, 0.6) is 0 Å². The first-order chi connectivity index (χ1) is 9.95. The topological polar surface area (TPSA) is 129 Å². The SMILES string of the molecule is O=C(O)C[C@@H](NC(=O)Nc1nc2c(s1)CCCC2)C(=O)O. The number of anilines is 1. The standard InChI is InChI=1S/C12H15N3O5S/c16-9(17)5-7(10(18)19)13-11(20)15-12-14-6-3-1-2-4-8(6)21-12/h7H,1-5H2,(H,16,17)(H,18,19)(H2,13,14,15,20)/t7-/m1/s1. The molecule has 2 rings (SSSR count). The maximum atomic E-state index is 11.7. The van der Waals surface area contributed by atoms with Crippen LogP contribution in [-0.2, 0) is 22.4 Å². The number of hydrogen-bond donors (Lipinski definition) is 4. The highest BCUT2D eigenvalue weighted by molar-refractivity contribution is 7.15. The Morgan fingerprint density at radius 1 is 1.24 bits per heavy atom. The molecule has 0 aliphatic heterocycles. The lowest BCUT2D eigenvalue weighted by molar-refractivity contribution is -0.145. The highest BCUT2D eigenvalue weighted by Crippen LogP contribution is 2.29. The van der Waals surface area contributed by atoms with E-state index < -0.39 is 30.4 Å². The molecule has 0 unspecified atom stereocenters. The van der Waals surface area contributed by atoms with Crippen LogP contribution in [-0.4, -0.2) is 39.2 Å². The molecule has 0 spiro atoms. The first kappa shape index (κ1) is 15.2. The number of nitrogens with one attached hydrogen (secondary N) is 2. The number of carboxylic acid groups (broad SMARTS) is 2. The van der Waals surface area contributed by atoms with E-state index in [0.717, 1.165) is 36.3 Å². The van der Waals surface area contributed by atoms with E-state index in [-0.39, 0.29) is 0 Å². The predicted molar refractivity (Wildman–Crippen MR) is 74.6 cm³/mol. The quantitative estimate of drug-likeness (QED) is 0.643. The molecule has 8 nitrogen and oxygen atoms in total. The van der Waals surface area contributed by atoms with Crippen LogP contribution in [0.2, 0.25) is 0 Å². The van der Waals surface area contributed by atoms with Crippen molar-refractivity contribution in [3.8, 4) is 0 Å². The second-order valence-corrected chi connectivity index (χ2v) is 5.77. The van der Waals surface area contributed by atoms with Gasteiger partial charge in [-0.05, 0) is 25.7 Å². The third-order valence-corrected chi connectivity index (χ3v) is 4.12. The van der Waals surface area contributed by atoms with E-state index in [1.54, 1.807) is 0 Å². The normalized spacial score (nSPS) is 14.9. The van der Waals surface area contributed by atoms with Crippen molar-refractivity contribution in [3.05, 3.63) is 10.6 Å².